The van der Waals surface area contributed by atoms with E-state index in [2.05, 4.69) is 10.6 Å². The fourth-order valence-electron chi connectivity index (χ4n) is 1.86. The van der Waals surface area contributed by atoms with Gasteiger partial charge in [-0.1, -0.05) is 35.3 Å². The van der Waals surface area contributed by atoms with Crippen molar-refractivity contribution in [3.05, 3.63) is 63.4 Å². The van der Waals surface area contributed by atoms with Crippen molar-refractivity contribution >= 4 is 34.9 Å². The number of carbonyl (C=O) groups is 1. The van der Waals surface area contributed by atoms with Gasteiger partial charge in [0.15, 0.2) is 0 Å². The molecule has 0 aliphatic heterocycles. The largest absolute Gasteiger partial charge is 0.338 e. The van der Waals surface area contributed by atoms with Crippen molar-refractivity contribution in [3.63, 3.8) is 0 Å². The number of rotatable bonds is 4. The Labute approximate surface area is 138 Å². The second-order valence-corrected chi connectivity index (χ2v) is 5.66. The van der Waals surface area contributed by atoms with E-state index in [0.29, 0.717) is 34.3 Å². The third-order valence-corrected chi connectivity index (χ3v) is 3.85. The number of anilines is 1. The van der Waals surface area contributed by atoms with Crippen molar-refractivity contribution in [2.75, 3.05) is 11.9 Å². The number of carbonyl (C=O) groups excluding carboxylic acids is 1. The molecule has 0 spiro atoms. The average molecular weight is 341 g/mol. The summed E-state index contributed by atoms with van der Waals surface area (Å²) in [6, 6.07) is 9.49. The summed E-state index contributed by atoms with van der Waals surface area (Å²) in [5, 5.41) is 6.26. The van der Waals surface area contributed by atoms with E-state index >= 15 is 0 Å². The molecule has 0 bridgehead atoms. The Kier molecular flexibility index (Phi) is 5.63. The molecule has 0 aliphatic rings. The van der Waals surface area contributed by atoms with E-state index in [1.165, 1.54) is 6.07 Å². The number of amides is 2. The maximum atomic E-state index is 13.4. The fraction of sp³-hybridized carbons (Fsp3) is 0.188. The van der Waals surface area contributed by atoms with E-state index < -0.39 is 0 Å². The summed E-state index contributed by atoms with van der Waals surface area (Å²) in [7, 11) is 0. The molecule has 2 aromatic carbocycles. The van der Waals surface area contributed by atoms with Gasteiger partial charge in [0.1, 0.15) is 5.82 Å². The molecule has 3 nitrogen and oxygen atoms in total. The first-order valence-electron chi connectivity index (χ1n) is 6.70. The molecule has 0 fully saturated rings. The molecule has 0 radical (unpaired) electrons. The standard InChI is InChI=1S/C16H15Cl2FN2O/c1-10-2-4-12(9-15(10)19)21-16(22)20-7-6-11-3-5-13(17)14(18)8-11/h2-5,8-9H,6-7H2,1H3,(H2,20,21,22). The van der Waals surface area contributed by atoms with E-state index in [0.717, 1.165) is 5.56 Å². The summed E-state index contributed by atoms with van der Waals surface area (Å²) < 4.78 is 13.4. The van der Waals surface area contributed by atoms with Gasteiger partial charge in [0.2, 0.25) is 0 Å². The van der Waals surface area contributed by atoms with Crippen LogP contribution in [-0.2, 0) is 6.42 Å². The molecule has 6 heteroatoms. The van der Waals surface area contributed by atoms with Gasteiger partial charge in [-0.3, -0.25) is 0 Å². The van der Waals surface area contributed by atoms with Crippen LogP contribution in [0.4, 0.5) is 14.9 Å². The minimum absolute atomic E-state index is 0.353. The molecule has 0 unspecified atom stereocenters. The molecular weight excluding hydrogens is 326 g/mol. The fourth-order valence-corrected chi connectivity index (χ4v) is 2.18. The number of urea groups is 1. The minimum atomic E-state index is -0.386. The monoisotopic (exact) mass is 340 g/mol. The lowest BCUT2D eigenvalue weighted by molar-refractivity contribution is 0.252. The number of halogens is 3. The van der Waals surface area contributed by atoms with Crippen molar-refractivity contribution in [1.82, 2.24) is 5.32 Å². The van der Waals surface area contributed by atoms with E-state index in [1.807, 2.05) is 6.07 Å². The van der Waals surface area contributed by atoms with Crippen LogP contribution in [0.3, 0.4) is 0 Å². The Bertz CT molecular complexity index is 692. The van der Waals surface area contributed by atoms with Crippen molar-refractivity contribution in [3.8, 4) is 0 Å². The SMILES string of the molecule is Cc1ccc(NC(=O)NCCc2ccc(Cl)c(Cl)c2)cc1F. The Morgan fingerprint density at radius 1 is 1.14 bits per heavy atom. The van der Waals surface area contributed by atoms with Crippen molar-refractivity contribution in [1.29, 1.82) is 0 Å². The molecule has 0 aliphatic carbocycles. The van der Waals surface area contributed by atoms with Gasteiger partial charge in [-0.05, 0) is 48.7 Å². The van der Waals surface area contributed by atoms with Gasteiger partial charge < -0.3 is 10.6 Å². The van der Waals surface area contributed by atoms with Crippen LogP contribution in [0.2, 0.25) is 10.0 Å². The predicted octanol–water partition coefficient (Wildman–Crippen LogP) is 4.81. The van der Waals surface area contributed by atoms with Crippen molar-refractivity contribution < 1.29 is 9.18 Å². The zero-order valence-corrected chi connectivity index (χ0v) is 13.4. The number of hydrogen-bond donors (Lipinski definition) is 2. The van der Waals surface area contributed by atoms with Crippen molar-refractivity contribution in [2.45, 2.75) is 13.3 Å². The molecule has 0 heterocycles. The van der Waals surface area contributed by atoms with Gasteiger partial charge in [-0.15, -0.1) is 0 Å². The lowest BCUT2D eigenvalue weighted by Gasteiger charge is -2.09. The molecule has 2 rings (SSSR count). The van der Waals surface area contributed by atoms with Crippen LogP contribution in [-0.4, -0.2) is 12.6 Å². The first kappa shape index (κ1) is 16.6. The van der Waals surface area contributed by atoms with E-state index in [4.69, 9.17) is 23.2 Å². The maximum absolute atomic E-state index is 13.4. The quantitative estimate of drug-likeness (QED) is 0.824. The molecule has 0 atom stereocenters. The molecule has 116 valence electrons. The van der Waals surface area contributed by atoms with Crippen LogP contribution in [0.15, 0.2) is 36.4 Å². The second-order valence-electron chi connectivity index (χ2n) is 4.84. The number of benzene rings is 2. The molecular formula is C16H15Cl2FN2O. The molecule has 2 amide bonds. The Balaban J connectivity index is 1.82. The summed E-state index contributed by atoms with van der Waals surface area (Å²) in [6.07, 6.45) is 0.618. The zero-order valence-electron chi connectivity index (χ0n) is 11.9. The average Bonchev–Trinajstić information content (AvgIpc) is 2.47. The van der Waals surface area contributed by atoms with Crippen LogP contribution in [0, 0.1) is 12.7 Å². The number of aryl methyl sites for hydroxylation is 1. The van der Waals surface area contributed by atoms with Gasteiger partial charge in [-0.2, -0.15) is 0 Å². The van der Waals surface area contributed by atoms with Gasteiger partial charge in [0.05, 0.1) is 10.0 Å². The molecule has 2 N–H and O–H groups in total. The molecule has 0 saturated heterocycles. The number of hydrogen-bond acceptors (Lipinski definition) is 1. The van der Waals surface area contributed by atoms with Gasteiger partial charge in [0, 0.05) is 12.2 Å². The minimum Gasteiger partial charge on any atom is -0.338 e. The summed E-state index contributed by atoms with van der Waals surface area (Å²) in [6.45, 7) is 2.09. The van der Waals surface area contributed by atoms with E-state index in [-0.39, 0.29) is 11.8 Å². The summed E-state index contributed by atoms with van der Waals surface area (Å²) >= 11 is 11.8. The third kappa shape index (κ3) is 4.61. The van der Waals surface area contributed by atoms with Crippen LogP contribution >= 0.6 is 23.2 Å². The topological polar surface area (TPSA) is 41.1 Å². The van der Waals surface area contributed by atoms with E-state index in [1.54, 1.807) is 31.2 Å². The highest BCUT2D eigenvalue weighted by Crippen LogP contribution is 2.22. The Morgan fingerprint density at radius 3 is 2.59 bits per heavy atom. The third-order valence-electron chi connectivity index (χ3n) is 3.11. The van der Waals surface area contributed by atoms with E-state index in [9.17, 15) is 9.18 Å². The Hall–Kier alpha value is -1.78. The summed E-state index contributed by atoms with van der Waals surface area (Å²) in [4.78, 5) is 11.7. The van der Waals surface area contributed by atoms with Crippen LogP contribution in [0.5, 0.6) is 0 Å². The summed E-state index contributed by atoms with van der Waals surface area (Å²) in [5.41, 5.74) is 1.91. The molecule has 2 aromatic rings. The highest BCUT2D eigenvalue weighted by molar-refractivity contribution is 6.42. The van der Waals surface area contributed by atoms with Crippen LogP contribution in [0.1, 0.15) is 11.1 Å². The first-order valence-corrected chi connectivity index (χ1v) is 7.46. The Morgan fingerprint density at radius 2 is 1.91 bits per heavy atom. The van der Waals surface area contributed by atoms with Crippen molar-refractivity contribution in [2.24, 2.45) is 0 Å². The van der Waals surface area contributed by atoms with Gasteiger partial charge in [0.25, 0.3) is 0 Å². The predicted molar refractivity (Wildman–Crippen MR) is 88.3 cm³/mol. The number of nitrogens with one attached hydrogen (secondary N) is 2. The smallest absolute Gasteiger partial charge is 0.319 e. The summed E-state index contributed by atoms with van der Waals surface area (Å²) in [5.74, 6) is -0.353. The lowest BCUT2D eigenvalue weighted by atomic mass is 10.1. The van der Waals surface area contributed by atoms with Gasteiger partial charge in [-0.25, -0.2) is 9.18 Å². The molecule has 0 saturated carbocycles. The van der Waals surface area contributed by atoms with Gasteiger partial charge >= 0.3 is 6.03 Å². The zero-order chi connectivity index (χ0) is 16.1. The second kappa shape index (κ2) is 7.47. The van der Waals surface area contributed by atoms with Crippen LogP contribution < -0.4 is 10.6 Å². The highest BCUT2D eigenvalue weighted by Gasteiger charge is 2.05. The maximum Gasteiger partial charge on any atom is 0.319 e. The molecule has 0 aromatic heterocycles. The first-order chi connectivity index (χ1) is 10.5. The highest BCUT2D eigenvalue weighted by atomic mass is 35.5. The van der Waals surface area contributed by atoms with Crippen LogP contribution in [0.25, 0.3) is 0 Å². The lowest BCUT2D eigenvalue weighted by Crippen LogP contribution is -2.30. The molecule has 22 heavy (non-hydrogen) atoms. The normalized spacial score (nSPS) is 10.4.